The molecule has 0 aliphatic heterocycles. The highest BCUT2D eigenvalue weighted by atomic mass is 16.9. The fourth-order valence-electron chi connectivity index (χ4n) is 2.10. The Morgan fingerprint density at radius 1 is 0.571 bits per heavy atom. The molecule has 0 heterocycles. The molecule has 0 amide bonds. The smallest absolute Gasteiger partial charge is 0.282 e. The molecule has 0 aliphatic carbocycles. The summed E-state index contributed by atoms with van der Waals surface area (Å²) in [6.07, 6.45) is 3.06. The monoisotopic (exact) mass is 309 g/mol. The standard InChI is InChI=1S/C14H31NO6/c1-16-13(17-2,18-3)9-7-11-15-12-8-10-14(19-4,20-5)21-6/h15H,7-12H2,1-6H3. The number of hydrogen-bond donors (Lipinski definition) is 1. The lowest BCUT2D eigenvalue weighted by molar-refractivity contribution is -0.355. The van der Waals surface area contributed by atoms with Crippen molar-refractivity contribution in [1.29, 1.82) is 0 Å². The van der Waals surface area contributed by atoms with E-state index in [2.05, 4.69) is 5.32 Å². The van der Waals surface area contributed by atoms with Gasteiger partial charge in [0.2, 0.25) is 0 Å². The third-order valence-electron chi connectivity index (χ3n) is 3.54. The Hall–Kier alpha value is -0.280. The van der Waals surface area contributed by atoms with Crippen molar-refractivity contribution in [3.05, 3.63) is 0 Å². The van der Waals surface area contributed by atoms with E-state index in [0.717, 1.165) is 25.9 Å². The molecule has 1 N–H and O–H groups in total. The molecule has 7 heteroatoms. The summed E-state index contributed by atoms with van der Waals surface area (Å²) in [6, 6.07) is 0. The SMILES string of the molecule is COC(CCCNCCCC(OC)(OC)OC)(OC)OC. The van der Waals surface area contributed by atoms with Crippen molar-refractivity contribution in [3.63, 3.8) is 0 Å². The maximum Gasteiger partial charge on any atom is 0.282 e. The van der Waals surface area contributed by atoms with Crippen molar-refractivity contribution in [2.24, 2.45) is 0 Å². The van der Waals surface area contributed by atoms with Gasteiger partial charge in [-0.25, -0.2) is 0 Å². The summed E-state index contributed by atoms with van der Waals surface area (Å²) >= 11 is 0. The number of nitrogens with one attached hydrogen (secondary N) is 1. The molecule has 0 rings (SSSR count). The first-order chi connectivity index (χ1) is 10.1. The molecule has 0 unspecified atom stereocenters. The number of hydrogen-bond acceptors (Lipinski definition) is 7. The molecule has 0 aliphatic rings. The predicted molar refractivity (Wildman–Crippen MR) is 78.9 cm³/mol. The summed E-state index contributed by atoms with van der Waals surface area (Å²) in [5.74, 6) is -1.89. The van der Waals surface area contributed by atoms with Crippen molar-refractivity contribution >= 4 is 0 Å². The first-order valence-corrected chi connectivity index (χ1v) is 7.09. The van der Waals surface area contributed by atoms with E-state index in [4.69, 9.17) is 28.4 Å². The van der Waals surface area contributed by atoms with Crippen LogP contribution >= 0.6 is 0 Å². The Morgan fingerprint density at radius 3 is 1.10 bits per heavy atom. The second-order valence-corrected chi connectivity index (χ2v) is 4.55. The topological polar surface area (TPSA) is 67.4 Å². The maximum absolute atomic E-state index is 5.23. The van der Waals surface area contributed by atoms with Gasteiger partial charge in [0.15, 0.2) is 0 Å². The molecule has 0 aromatic carbocycles. The molecule has 0 radical (unpaired) electrons. The van der Waals surface area contributed by atoms with Gasteiger partial charge in [0.1, 0.15) is 0 Å². The lowest BCUT2D eigenvalue weighted by Gasteiger charge is -2.29. The fraction of sp³-hybridized carbons (Fsp3) is 1.00. The van der Waals surface area contributed by atoms with Crippen LogP contribution in [0, 0.1) is 0 Å². The minimum Gasteiger partial charge on any atom is -0.331 e. The van der Waals surface area contributed by atoms with Crippen molar-refractivity contribution in [2.45, 2.75) is 37.6 Å². The van der Waals surface area contributed by atoms with Crippen LogP contribution in [0.25, 0.3) is 0 Å². The largest absolute Gasteiger partial charge is 0.331 e. The first-order valence-electron chi connectivity index (χ1n) is 7.09. The fourth-order valence-corrected chi connectivity index (χ4v) is 2.10. The lowest BCUT2D eigenvalue weighted by Crippen LogP contribution is -2.37. The van der Waals surface area contributed by atoms with Gasteiger partial charge in [-0.05, 0) is 25.9 Å². The van der Waals surface area contributed by atoms with Gasteiger partial charge in [-0.15, -0.1) is 0 Å². The highest BCUT2D eigenvalue weighted by molar-refractivity contribution is 4.60. The molecule has 0 atom stereocenters. The van der Waals surface area contributed by atoms with Crippen LogP contribution in [0.5, 0.6) is 0 Å². The van der Waals surface area contributed by atoms with Crippen LogP contribution in [-0.4, -0.2) is 67.7 Å². The van der Waals surface area contributed by atoms with Crippen LogP contribution in [0.3, 0.4) is 0 Å². The van der Waals surface area contributed by atoms with E-state index in [1.165, 1.54) is 0 Å². The minimum atomic E-state index is -0.945. The van der Waals surface area contributed by atoms with Gasteiger partial charge in [-0.2, -0.15) is 0 Å². The molecule has 21 heavy (non-hydrogen) atoms. The second kappa shape index (κ2) is 11.3. The maximum atomic E-state index is 5.23. The van der Waals surface area contributed by atoms with E-state index in [9.17, 15) is 0 Å². The zero-order valence-electron chi connectivity index (χ0n) is 14.2. The van der Waals surface area contributed by atoms with Gasteiger partial charge >= 0.3 is 0 Å². The Bertz CT molecular complexity index is 203. The van der Waals surface area contributed by atoms with Crippen LogP contribution in [0.4, 0.5) is 0 Å². The zero-order valence-corrected chi connectivity index (χ0v) is 14.2. The molecule has 7 nitrogen and oxygen atoms in total. The van der Waals surface area contributed by atoms with Gasteiger partial charge in [0.25, 0.3) is 11.9 Å². The van der Waals surface area contributed by atoms with Crippen LogP contribution in [0.1, 0.15) is 25.7 Å². The molecule has 0 spiro atoms. The van der Waals surface area contributed by atoms with Crippen LogP contribution in [0.2, 0.25) is 0 Å². The summed E-state index contributed by atoms with van der Waals surface area (Å²) in [6.45, 7) is 1.69. The molecule has 0 aromatic heterocycles. The molecule has 0 bridgehead atoms. The average molecular weight is 309 g/mol. The Morgan fingerprint density at radius 2 is 0.857 bits per heavy atom. The van der Waals surface area contributed by atoms with E-state index < -0.39 is 11.9 Å². The van der Waals surface area contributed by atoms with E-state index in [0.29, 0.717) is 12.8 Å². The highest BCUT2D eigenvalue weighted by Crippen LogP contribution is 2.19. The van der Waals surface area contributed by atoms with Gasteiger partial charge in [-0.1, -0.05) is 0 Å². The van der Waals surface area contributed by atoms with Crippen LogP contribution in [-0.2, 0) is 28.4 Å². The second-order valence-electron chi connectivity index (χ2n) is 4.55. The van der Waals surface area contributed by atoms with E-state index in [-0.39, 0.29) is 0 Å². The molecule has 128 valence electrons. The Balaban J connectivity index is 3.78. The number of ether oxygens (including phenoxy) is 6. The van der Waals surface area contributed by atoms with Gasteiger partial charge in [-0.3, -0.25) is 0 Å². The minimum absolute atomic E-state index is 0.654. The third-order valence-corrected chi connectivity index (χ3v) is 3.54. The van der Waals surface area contributed by atoms with Crippen molar-refractivity contribution in [2.75, 3.05) is 55.7 Å². The van der Waals surface area contributed by atoms with Gasteiger partial charge in [0, 0.05) is 55.5 Å². The summed E-state index contributed by atoms with van der Waals surface area (Å²) in [7, 11) is 9.42. The van der Waals surface area contributed by atoms with Crippen molar-refractivity contribution < 1.29 is 28.4 Å². The molecular formula is C14H31NO6. The summed E-state index contributed by atoms with van der Waals surface area (Å²) in [4.78, 5) is 0. The molecule has 0 fully saturated rings. The summed E-state index contributed by atoms with van der Waals surface area (Å²) in [5.41, 5.74) is 0. The summed E-state index contributed by atoms with van der Waals surface area (Å²) in [5, 5.41) is 3.34. The normalized spacial score (nSPS) is 12.9. The number of rotatable bonds is 14. The lowest BCUT2D eigenvalue weighted by atomic mass is 10.2. The predicted octanol–water partition coefficient (Wildman–Crippen LogP) is 1.32. The Labute approximate surface area is 128 Å². The van der Waals surface area contributed by atoms with E-state index in [1.54, 1.807) is 42.7 Å². The van der Waals surface area contributed by atoms with Crippen molar-refractivity contribution in [3.8, 4) is 0 Å². The molecule has 0 aromatic rings. The van der Waals surface area contributed by atoms with Crippen LogP contribution < -0.4 is 5.32 Å². The zero-order chi connectivity index (χ0) is 16.2. The summed E-state index contributed by atoms with van der Waals surface area (Å²) < 4.78 is 31.4. The first kappa shape index (κ1) is 20.7. The average Bonchev–Trinajstić information content (AvgIpc) is 2.55. The molecule has 0 saturated carbocycles. The van der Waals surface area contributed by atoms with Crippen molar-refractivity contribution in [1.82, 2.24) is 5.32 Å². The highest BCUT2D eigenvalue weighted by Gasteiger charge is 2.29. The molecular weight excluding hydrogens is 278 g/mol. The third kappa shape index (κ3) is 7.01. The van der Waals surface area contributed by atoms with E-state index >= 15 is 0 Å². The Kier molecular flexibility index (Phi) is 11.2. The van der Waals surface area contributed by atoms with Gasteiger partial charge in [0.05, 0.1) is 0 Å². The molecule has 0 saturated heterocycles. The van der Waals surface area contributed by atoms with E-state index in [1.807, 2.05) is 0 Å². The van der Waals surface area contributed by atoms with Crippen LogP contribution in [0.15, 0.2) is 0 Å². The number of methoxy groups -OCH3 is 6. The quantitative estimate of drug-likeness (QED) is 0.383. The van der Waals surface area contributed by atoms with Gasteiger partial charge < -0.3 is 33.7 Å².